The minimum Gasteiger partial charge on any atom is -0.480 e. The first kappa shape index (κ1) is 31.8. The number of benzene rings is 2. The van der Waals surface area contributed by atoms with E-state index in [0.717, 1.165) is 0 Å². The molecule has 2 aliphatic heterocycles. The number of nitrogens with zero attached hydrogens (tertiary/aromatic N) is 1. The number of nitrogens with one attached hydrogen (secondary N) is 2. The van der Waals surface area contributed by atoms with Crippen molar-refractivity contribution in [2.24, 2.45) is 11.8 Å². The van der Waals surface area contributed by atoms with Gasteiger partial charge in [-0.1, -0.05) is 32.0 Å². The molecule has 2 aromatic rings. The highest BCUT2D eigenvalue weighted by Gasteiger charge is 2.54. The number of fused-ring (bicyclic) bond motifs is 1. The van der Waals surface area contributed by atoms with Gasteiger partial charge in [-0.3, -0.25) is 14.9 Å². The molecule has 1 unspecified atom stereocenters. The zero-order valence-corrected chi connectivity index (χ0v) is 25.7. The highest BCUT2D eigenvalue weighted by atomic mass is 127. The van der Waals surface area contributed by atoms with Crippen LogP contribution >= 0.6 is 22.6 Å². The van der Waals surface area contributed by atoms with Crippen molar-refractivity contribution in [1.82, 2.24) is 10.2 Å². The van der Waals surface area contributed by atoms with Crippen LogP contribution < -0.4 is 20.1 Å². The molecule has 230 valence electrons. The lowest BCUT2D eigenvalue weighted by atomic mass is 9.82. The summed E-state index contributed by atoms with van der Waals surface area (Å²) in [7, 11) is 0. The van der Waals surface area contributed by atoms with Crippen LogP contribution in [0.15, 0.2) is 36.4 Å². The van der Waals surface area contributed by atoms with Crippen LogP contribution in [0.4, 0.5) is 19.7 Å². The monoisotopic (exact) mass is 713 g/mol. The number of aliphatic carboxylic acids is 1. The van der Waals surface area contributed by atoms with Gasteiger partial charge in [0.2, 0.25) is 12.7 Å². The maximum atomic E-state index is 14.0. The Morgan fingerprint density at radius 3 is 2.47 bits per heavy atom. The number of halogens is 2. The summed E-state index contributed by atoms with van der Waals surface area (Å²) >= 11 is 1.35. The molecular formula is C28H29FIN3O10. The molecule has 4 atom stereocenters. The molecule has 13 nitrogen and oxygen atoms in total. The maximum Gasteiger partial charge on any atom is 0.462 e. The van der Waals surface area contributed by atoms with Crippen LogP contribution in [0.1, 0.15) is 43.5 Å². The van der Waals surface area contributed by atoms with Gasteiger partial charge in [0.25, 0.3) is 0 Å². The van der Waals surface area contributed by atoms with Crippen molar-refractivity contribution in [1.29, 1.82) is 0 Å². The van der Waals surface area contributed by atoms with Crippen molar-refractivity contribution in [2.45, 2.75) is 50.2 Å². The minimum absolute atomic E-state index is 0.0193. The summed E-state index contributed by atoms with van der Waals surface area (Å²) in [6.45, 7) is 6.03. The largest absolute Gasteiger partial charge is 0.480 e. The average Bonchev–Trinajstić information content (AvgIpc) is 3.24. The van der Waals surface area contributed by atoms with Crippen LogP contribution in [-0.2, 0) is 30.3 Å². The van der Waals surface area contributed by atoms with E-state index < -0.39 is 58.8 Å². The van der Waals surface area contributed by atoms with Crippen molar-refractivity contribution < 1.29 is 52.4 Å². The molecule has 0 aromatic heterocycles. The van der Waals surface area contributed by atoms with E-state index in [0.29, 0.717) is 27.3 Å². The van der Waals surface area contributed by atoms with Gasteiger partial charge >= 0.3 is 28.1 Å². The summed E-state index contributed by atoms with van der Waals surface area (Å²) in [5.74, 6) is -3.68. The number of aryl methyl sites for hydroxylation is 1. The van der Waals surface area contributed by atoms with Gasteiger partial charge in [-0.05, 0) is 55.2 Å². The summed E-state index contributed by atoms with van der Waals surface area (Å²) in [6, 6.07) is 6.43. The quantitative estimate of drug-likeness (QED) is 0.111. The Morgan fingerprint density at radius 2 is 1.79 bits per heavy atom. The molecule has 1 fully saturated rings. The maximum absolute atomic E-state index is 14.0. The van der Waals surface area contributed by atoms with Gasteiger partial charge in [-0.2, -0.15) is 0 Å². The molecule has 3 N–H and O–H groups in total. The van der Waals surface area contributed by atoms with E-state index in [1.54, 1.807) is 52.0 Å². The number of carboxylic acids is 1. The third-order valence-electron chi connectivity index (χ3n) is 6.81. The predicted molar refractivity (Wildman–Crippen MR) is 155 cm³/mol. The Kier molecular flexibility index (Phi) is 9.32. The van der Waals surface area contributed by atoms with Crippen molar-refractivity contribution >= 4 is 58.2 Å². The Balaban J connectivity index is 1.38. The van der Waals surface area contributed by atoms with Crippen LogP contribution in [0.5, 0.6) is 11.5 Å². The zero-order chi connectivity index (χ0) is 31.6. The fourth-order valence-electron chi connectivity index (χ4n) is 4.47. The summed E-state index contributed by atoms with van der Waals surface area (Å²) in [6.07, 6.45) is -0.896. The summed E-state index contributed by atoms with van der Waals surface area (Å²) in [5.41, 5.74) is 2.04. The van der Waals surface area contributed by atoms with E-state index in [9.17, 15) is 33.5 Å². The second-order valence-electron chi connectivity index (χ2n) is 10.3. The highest BCUT2D eigenvalue weighted by Crippen LogP contribution is 2.44. The molecule has 1 saturated heterocycles. The number of esters is 1. The molecule has 4 amide bonds. The van der Waals surface area contributed by atoms with E-state index in [1.165, 1.54) is 34.7 Å². The Hall–Kier alpha value is -4.15. The van der Waals surface area contributed by atoms with Crippen LogP contribution in [-0.4, -0.2) is 56.9 Å². The van der Waals surface area contributed by atoms with Crippen LogP contribution in [0.25, 0.3) is 0 Å². The molecule has 15 heteroatoms. The number of amides is 4. The number of hydrogen-bond donors (Lipinski definition) is 3. The standard InChI is InChI=1S/C28H29FIN3O10/c1-13(2)25(37)40-12-41-27(39)32-19-10-16(6-5-14(19)3)9-18-22(24(35)36)33(23(18)34)26(38)31-15(4)17-7-8-20-21(11-17)43-28(29,30)42-20/h5-8,10-11,13,15,18,22H,9,12H2,1-4H3,(H,31,38)(H,32,39)(H,35,36)/t15-,18-,22+,28?/m1/s1. The highest BCUT2D eigenvalue weighted by molar-refractivity contribution is 14.1. The molecule has 0 radical (unpaired) electrons. The molecule has 2 aliphatic rings. The number of likely N-dealkylation sites (tertiary alicyclic amines) is 1. The lowest BCUT2D eigenvalue weighted by Gasteiger charge is -2.43. The van der Waals surface area contributed by atoms with Gasteiger partial charge < -0.3 is 29.4 Å². The first-order chi connectivity index (χ1) is 20.2. The molecule has 43 heavy (non-hydrogen) atoms. The lowest BCUT2D eigenvalue weighted by Crippen LogP contribution is -2.68. The number of hydrogen-bond acceptors (Lipinski definition) is 9. The Morgan fingerprint density at radius 1 is 1.09 bits per heavy atom. The number of anilines is 1. The Labute approximate surface area is 259 Å². The molecule has 0 saturated carbocycles. The molecule has 0 spiro atoms. The Bertz CT molecular complexity index is 1470. The molecular weight excluding hydrogens is 684 g/mol. The molecule has 2 aromatic carbocycles. The molecule has 2 heterocycles. The lowest BCUT2D eigenvalue weighted by molar-refractivity contribution is -0.165. The second-order valence-corrected chi connectivity index (χ2v) is 11.6. The fraction of sp³-hybridized carbons (Fsp3) is 0.393. The molecule has 4 rings (SSSR count). The van der Waals surface area contributed by atoms with Crippen molar-refractivity contribution in [3.8, 4) is 11.5 Å². The summed E-state index contributed by atoms with van der Waals surface area (Å²) in [5, 5.41) is 15.0. The number of imide groups is 1. The van der Waals surface area contributed by atoms with Crippen LogP contribution in [0.2, 0.25) is 0 Å². The first-order valence-corrected chi connectivity index (χ1v) is 14.2. The summed E-state index contributed by atoms with van der Waals surface area (Å²) < 4.78 is 31.4. The van der Waals surface area contributed by atoms with E-state index in [1.807, 2.05) is 0 Å². The number of β-lactam (4-membered cyclic amide) rings is 1. The second kappa shape index (κ2) is 12.6. The van der Waals surface area contributed by atoms with Crippen molar-refractivity contribution in [3.05, 3.63) is 53.1 Å². The third kappa shape index (κ3) is 7.26. The van der Waals surface area contributed by atoms with Crippen LogP contribution in [0, 0.1) is 18.8 Å². The SMILES string of the molecule is Cc1ccc(C[C@H]2C(=O)N(C(=O)N[C@H](C)c3ccc4c(c3)OC(F)(I)O4)[C@@H]2C(=O)O)cc1NC(=O)OCOC(=O)C(C)C. The van der Waals surface area contributed by atoms with Crippen LogP contribution in [0.3, 0.4) is 0 Å². The number of rotatable bonds is 9. The zero-order valence-electron chi connectivity index (χ0n) is 23.5. The normalized spacial score (nSPS) is 21.1. The number of carbonyl (C=O) groups is 5. The van der Waals surface area contributed by atoms with Gasteiger partial charge in [0.1, 0.15) is 0 Å². The number of urea groups is 1. The average molecular weight is 713 g/mol. The van der Waals surface area contributed by atoms with E-state index >= 15 is 0 Å². The van der Waals surface area contributed by atoms with Gasteiger partial charge in [-0.25, -0.2) is 19.3 Å². The molecule has 0 bridgehead atoms. The van der Waals surface area contributed by atoms with Gasteiger partial charge in [0.15, 0.2) is 17.5 Å². The van der Waals surface area contributed by atoms with Crippen molar-refractivity contribution in [3.63, 3.8) is 0 Å². The summed E-state index contributed by atoms with van der Waals surface area (Å²) in [4.78, 5) is 62.4. The van der Waals surface area contributed by atoms with Gasteiger partial charge in [-0.15, -0.1) is 4.39 Å². The number of ether oxygens (including phenoxy) is 4. The minimum atomic E-state index is -2.35. The topological polar surface area (TPSA) is 170 Å². The fourth-order valence-corrected chi connectivity index (χ4v) is 4.94. The van der Waals surface area contributed by atoms with E-state index in [4.69, 9.17) is 18.9 Å². The molecule has 0 aliphatic carbocycles. The number of alkyl halides is 2. The predicted octanol–water partition coefficient (Wildman–Crippen LogP) is 4.41. The van der Waals surface area contributed by atoms with Gasteiger partial charge in [0, 0.05) is 5.69 Å². The number of carboxylic acid groups (broad SMARTS) is 1. The smallest absolute Gasteiger partial charge is 0.462 e. The van der Waals surface area contributed by atoms with Gasteiger partial charge in [0.05, 0.1) is 40.5 Å². The van der Waals surface area contributed by atoms with E-state index in [-0.39, 0.29) is 23.8 Å². The third-order valence-corrected chi connectivity index (χ3v) is 7.25. The van der Waals surface area contributed by atoms with Crippen molar-refractivity contribution in [2.75, 3.05) is 12.1 Å². The van der Waals surface area contributed by atoms with E-state index in [2.05, 4.69) is 10.6 Å². The first-order valence-electron chi connectivity index (χ1n) is 13.1. The number of carbonyl (C=O) groups excluding carboxylic acids is 4.